The van der Waals surface area contributed by atoms with Gasteiger partial charge in [0.2, 0.25) is 10.0 Å². The number of rotatable bonds is 7. The van der Waals surface area contributed by atoms with Crippen molar-refractivity contribution in [2.24, 2.45) is 0 Å². The molecule has 0 unspecified atom stereocenters. The second-order valence-electron chi connectivity index (χ2n) is 8.47. The van der Waals surface area contributed by atoms with Crippen LogP contribution in [0.3, 0.4) is 0 Å². The van der Waals surface area contributed by atoms with E-state index in [4.69, 9.17) is 0 Å². The molecule has 1 N–H and O–H groups in total. The monoisotopic (exact) mass is 489 g/mol. The first-order chi connectivity index (χ1) is 16.8. The molecular formula is C26H23N3O5S. The van der Waals surface area contributed by atoms with Crippen LogP contribution in [0.15, 0.2) is 72.8 Å². The lowest BCUT2D eigenvalue weighted by atomic mass is 10.1. The fourth-order valence-corrected chi connectivity index (χ4v) is 5.87. The van der Waals surface area contributed by atoms with Crippen molar-refractivity contribution in [1.82, 2.24) is 10.2 Å². The Bertz CT molecular complexity index is 1440. The van der Waals surface area contributed by atoms with Crippen molar-refractivity contribution in [2.75, 3.05) is 23.1 Å². The van der Waals surface area contributed by atoms with Gasteiger partial charge >= 0.3 is 0 Å². The number of amides is 3. The van der Waals surface area contributed by atoms with Gasteiger partial charge in [-0.25, -0.2) is 8.42 Å². The summed E-state index contributed by atoms with van der Waals surface area (Å²) in [6.07, 6.45) is 0.658. The number of para-hydroxylation sites is 1. The Morgan fingerprint density at radius 1 is 0.886 bits per heavy atom. The highest BCUT2D eigenvalue weighted by atomic mass is 32.2. The molecule has 0 bridgehead atoms. The molecule has 178 valence electrons. The van der Waals surface area contributed by atoms with Gasteiger partial charge < -0.3 is 5.32 Å². The highest BCUT2D eigenvalue weighted by Gasteiger charge is 2.36. The number of hydrogen-bond donors (Lipinski definition) is 1. The van der Waals surface area contributed by atoms with Crippen molar-refractivity contribution in [3.05, 3.63) is 101 Å². The average molecular weight is 490 g/mol. The van der Waals surface area contributed by atoms with Crippen molar-refractivity contribution in [2.45, 2.75) is 13.0 Å². The first-order valence-corrected chi connectivity index (χ1v) is 12.9. The molecule has 3 aromatic carbocycles. The van der Waals surface area contributed by atoms with Crippen molar-refractivity contribution in [3.63, 3.8) is 0 Å². The van der Waals surface area contributed by atoms with Gasteiger partial charge in [-0.1, -0.05) is 48.5 Å². The van der Waals surface area contributed by atoms with E-state index in [1.807, 2.05) is 42.5 Å². The topological polar surface area (TPSA) is 104 Å². The Morgan fingerprint density at radius 3 is 2.40 bits per heavy atom. The van der Waals surface area contributed by atoms with Gasteiger partial charge in [-0.15, -0.1) is 0 Å². The van der Waals surface area contributed by atoms with Crippen LogP contribution in [-0.2, 0) is 23.0 Å². The zero-order chi connectivity index (χ0) is 24.6. The molecule has 0 saturated heterocycles. The molecule has 0 saturated carbocycles. The number of carbonyl (C=O) groups excluding carboxylic acids is 3. The molecule has 0 aliphatic carbocycles. The molecule has 0 fully saturated rings. The maximum Gasteiger partial charge on any atom is 0.261 e. The first kappa shape index (κ1) is 22.8. The van der Waals surface area contributed by atoms with Crippen LogP contribution in [0.4, 0.5) is 5.69 Å². The Balaban J connectivity index is 1.23. The van der Waals surface area contributed by atoms with Gasteiger partial charge in [-0.3, -0.25) is 23.6 Å². The van der Waals surface area contributed by atoms with Crippen molar-refractivity contribution < 1.29 is 22.8 Å². The van der Waals surface area contributed by atoms with Gasteiger partial charge in [-0.2, -0.15) is 0 Å². The van der Waals surface area contributed by atoms with Crippen LogP contribution in [-0.4, -0.2) is 49.9 Å². The van der Waals surface area contributed by atoms with Crippen LogP contribution >= 0.6 is 0 Å². The highest BCUT2D eigenvalue weighted by Crippen LogP contribution is 2.30. The molecule has 2 aliphatic rings. The zero-order valence-corrected chi connectivity index (χ0v) is 19.6. The number of benzene rings is 3. The maximum absolute atomic E-state index is 12.9. The molecule has 35 heavy (non-hydrogen) atoms. The lowest BCUT2D eigenvalue weighted by molar-refractivity contribution is 0.0642. The minimum atomic E-state index is -3.60. The molecule has 9 heteroatoms. The predicted octanol–water partition coefficient (Wildman–Crippen LogP) is 2.61. The molecule has 2 heterocycles. The first-order valence-electron chi connectivity index (χ1n) is 11.3. The van der Waals surface area contributed by atoms with E-state index >= 15 is 0 Å². The molecule has 3 amide bonds. The van der Waals surface area contributed by atoms with Crippen molar-refractivity contribution >= 4 is 33.4 Å². The van der Waals surface area contributed by atoms with Crippen LogP contribution < -0.4 is 9.62 Å². The normalized spacial score (nSPS) is 14.7. The smallest absolute Gasteiger partial charge is 0.261 e. The SMILES string of the molecule is O=C(NCCS(=O)(=O)N1CCc2ccccc21)c1ccc2c(c1)C(=O)N(Cc1ccccc1)C2=O. The van der Waals surface area contributed by atoms with E-state index < -0.39 is 27.7 Å². The Hall–Kier alpha value is -3.98. The lowest BCUT2D eigenvalue weighted by Gasteiger charge is -2.19. The van der Waals surface area contributed by atoms with Gasteiger partial charge in [0, 0.05) is 18.7 Å². The fourth-order valence-electron chi connectivity index (χ4n) is 4.44. The number of fused-ring (bicyclic) bond motifs is 2. The van der Waals surface area contributed by atoms with Crippen LogP contribution in [0, 0.1) is 0 Å². The summed E-state index contributed by atoms with van der Waals surface area (Å²) >= 11 is 0. The van der Waals surface area contributed by atoms with E-state index in [0.29, 0.717) is 18.7 Å². The largest absolute Gasteiger partial charge is 0.351 e. The number of nitrogens with one attached hydrogen (secondary N) is 1. The Morgan fingerprint density at radius 2 is 1.60 bits per heavy atom. The second-order valence-corrected chi connectivity index (χ2v) is 10.5. The number of sulfonamides is 1. The lowest BCUT2D eigenvalue weighted by Crippen LogP contribution is -2.37. The molecule has 5 rings (SSSR count). The summed E-state index contributed by atoms with van der Waals surface area (Å²) in [7, 11) is -3.60. The second kappa shape index (κ2) is 8.99. The van der Waals surface area contributed by atoms with Crippen molar-refractivity contribution in [3.8, 4) is 0 Å². The maximum atomic E-state index is 12.9. The van der Waals surface area contributed by atoms with E-state index in [1.165, 1.54) is 22.5 Å². The standard InChI is InChI=1S/C26H23N3O5S/c30-24(27-13-15-35(33,34)29-14-12-19-8-4-5-9-23(19)29)20-10-11-21-22(16-20)26(32)28(25(21)31)17-18-6-2-1-3-7-18/h1-11,16H,12-15,17H2,(H,27,30). The van der Waals surface area contributed by atoms with Crippen LogP contribution in [0.25, 0.3) is 0 Å². The average Bonchev–Trinajstić information content (AvgIpc) is 3.40. The summed E-state index contributed by atoms with van der Waals surface area (Å²) in [6.45, 7) is 0.451. The molecule has 3 aromatic rings. The van der Waals surface area contributed by atoms with E-state index in [9.17, 15) is 22.8 Å². The van der Waals surface area contributed by atoms with Gasteiger partial charge in [0.15, 0.2) is 0 Å². The summed E-state index contributed by atoms with van der Waals surface area (Å²) in [5.74, 6) is -1.62. The van der Waals surface area contributed by atoms with Crippen LogP contribution in [0.1, 0.15) is 42.2 Å². The summed E-state index contributed by atoms with van der Waals surface area (Å²) in [5, 5.41) is 2.62. The van der Waals surface area contributed by atoms with Crippen LogP contribution in [0.5, 0.6) is 0 Å². The predicted molar refractivity (Wildman–Crippen MR) is 131 cm³/mol. The molecule has 0 radical (unpaired) electrons. The Kier molecular flexibility index (Phi) is 5.86. The minimum absolute atomic E-state index is 0.0794. The molecular weight excluding hydrogens is 466 g/mol. The van der Waals surface area contributed by atoms with E-state index in [-0.39, 0.29) is 35.5 Å². The Labute approximate surface area is 203 Å². The minimum Gasteiger partial charge on any atom is -0.351 e. The third-order valence-corrected chi connectivity index (χ3v) is 8.01. The van der Waals surface area contributed by atoms with Gasteiger partial charge in [0.25, 0.3) is 17.7 Å². The van der Waals surface area contributed by atoms with E-state index in [0.717, 1.165) is 16.0 Å². The third-order valence-electron chi connectivity index (χ3n) is 6.24. The summed E-state index contributed by atoms with van der Waals surface area (Å²) in [5.41, 5.74) is 3.09. The van der Waals surface area contributed by atoms with Gasteiger partial charge in [-0.05, 0) is 41.8 Å². The molecule has 0 atom stereocenters. The highest BCUT2D eigenvalue weighted by molar-refractivity contribution is 7.92. The van der Waals surface area contributed by atoms with Crippen LogP contribution in [0.2, 0.25) is 0 Å². The number of anilines is 1. The summed E-state index contributed by atoms with van der Waals surface area (Å²) in [4.78, 5) is 39.4. The number of carbonyl (C=O) groups is 3. The molecule has 0 spiro atoms. The zero-order valence-electron chi connectivity index (χ0n) is 18.8. The molecule has 8 nitrogen and oxygen atoms in total. The quantitative estimate of drug-likeness (QED) is 0.514. The number of hydrogen-bond acceptors (Lipinski definition) is 5. The number of nitrogens with zero attached hydrogens (tertiary/aromatic N) is 2. The number of imide groups is 1. The molecule has 0 aromatic heterocycles. The van der Waals surface area contributed by atoms with E-state index in [1.54, 1.807) is 12.1 Å². The molecule has 2 aliphatic heterocycles. The van der Waals surface area contributed by atoms with Crippen molar-refractivity contribution in [1.29, 1.82) is 0 Å². The van der Waals surface area contributed by atoms with E-state index in [2.05, 4.69) is 5.32 Å². The summed E-state index contributed by atoms with van der Waals surface area (Å²) < 4.78 is 27.0. The fraction of sp³-hybridized carbons (Fsp3) is 0.192. The summed E-state index contributed by atoms with van der Waals surface area (Å²) in [6, 6.07) is 20.9. The van der Waals surface area contributed by atoms with Gasteiger partial charge in [0.05, 0.1) is 29.1 Å². The third kappa shape index (κ3) is 4.30. The van der Waals surface area contributed by atoms with Gasteiger partial charge in [0.1, 0.15) is 0 Å².